The van der Waals surface area contributed by atoms with Crippen molar-refractivity contribution in [1.82, 2.24) is 0 Å². The zero-order valence-corrected chi connectivity index (χ0v) is 9.33. The maximum Gasteiger partial charge on any atom is 0.304 e. The molecule has 0 saturated heterocycles. The highest BCUT2D eigenvalue weighted by Gasteiger charge is 2.21. The van der Waals surface area contributed by atoms with Crippen molar-refractivity contribution in [3.05, 3.63) is 39.9 Å². The van der Waals surface area contributed by atoms with Crippen LogP contribution < -0.4 is 4.74 Å². The van der Waals surface area contributed by atoms with E-state index in [1.54, 1.807) is 24.3 Å². The van der Waals surface area contributed by atoms with Crippen molar-refractivity contribution < 1.29 is 19.6 Å². The number of hydrogen-bond acceptors (Lipinski definition) is 4. The largest absolute Gasteiger partial charge is 0.497 e. The minimum absolute atomic E-state index is 0.257. The molecule has 0 aromatic heterocycles. The molecule has 0 unspecified atom stereocenters. The summed E-state index contributed by atoms with van der Waals surface area (Å²) in [6.45, 7) is -0.390. The van der Waals surface area contributed by atoms with Gasteiger partial charge in [-0.1, -0.05) is 12.1 Å². The van der Waals surface area contributed by atoms with Crippen molar-refractivity contribution >= 4 is 5.97 Å². The van der Waals surface area contributed by atoms with E-state index in [4.69, 9.17) is 9.84 Å². The van der Waals surface area contributed by atoms with Gasteiger partial charge in [-0.05, 0) is 17.7 Å². The molecule has 0 spiro atoms. The van der Waals surface area contributed by atoms with Gasteiger partial charge < -0.3 is 9.84 Å². The Kier molecular flexibility index (Phi) is 4.45. The van der Waals surface area contributed by atoms with E-state index in [9.17, 15) is 14.9 Å². The van der Waals surface area contributed by atoms with Gasteiger partial charge in [0, 0.05) is 4.92 Å². The number of nitro groups is 1. The van der Waals surface area contributed by atoms with Crippen LogP contribution in [-0.2, 0) is 4.79 Å². The fourth-order valence-corrected chi connectivity index (χ4v) is 1.55. The number of aliphatic carboxylic acids is 1. The van der Waals surface area contributed by atoms with Gasteiger partial charge in [0.15, 0.2) is 0 Å². The zero-order valence-electron chi connectivity index (χ0n) is 9.33. The lowest BCUT2D eigenvalue weighted by atomic mass is 9.96. The van der Waals surface area contributed by atoms with Gasteiger partial charge >= 0.3 is 5.97 Å². The Morgan fingerprint density at radius 3 is 2.47 bits per heavy atom. The van der Waals surface area contributed by atoms with Crippen LogP contribution in [-0.4, -0.2) is 29.7 Å². The smallest absolute Gasteiger partial charge is 0.304 e. The first kappa shape index (κ1) is 13.0. The quantitative estimate of drug-likeness (QED) is 0.600. The Morgan fingerprint density at radius 1 is 1.47 bits per heavy atom. The molecule has 1 aromatic rings. The Hall–Kier alpha value is -2.11. The highest BCUT2D eigenvalue weighted by atomic mass is 16.6. The molecule has 92 valence electrons. The molecule has 1 N–H and O–H groups in total. The van der Waals surface area contributed by atoms with E-state index < -0.39 is 23.4 Å². The number of ether oxygens (including phenoxy) is 1. The van der Waals surface area contributed by atoms with E-state index in [1.165, 1.54) is 7.11 Å². The molecular formula is C11H13NO5. The molecule has 6 heteroatoms. The third-order valence-electron chi connectivity index (χ3n) is 2.38. The van der Waals surface area contributed by atoms with Crippen molar-refractivity contribution in [2.45, 2.75) is 12.3 Å². The maximum atomic E-state index is 10.6. The molecule has 0 heterocycles. The van der Waals surface area contributed by atoms with Gasteiger partial charge in [-0.3, -0.25) is 14.9 Å². The molecule has 0 bridgehead atoms. The second kappa shape index (κ2) is 5.83. The molecule has 17 heavy (non-hydrogen) atoms. The Labute approximate surface area is 98.0 Å². The molecule has 1 aromatic carbocycles. The van der Waals surface area contributed by atoms with Crippen molar-refractivity contribution in [2.75, 3.05) is 13.7 Å². The average molecular weight is 239 g/mol. The third-order valence-corrected chi connectivity index (χ3v) is 2.38. The van der Waals surface area contributed by atoms with Gasteiger partial charge in [-0.2, -0.15) is 0 Å². The van der Waals surface area contributed by atoms with Crippen molar-refractivity contribution in [2.24, 2.45) is 0 Å². The minimum Gasteiger partial charge on any atom is -0.497 e. The normalized spacial score (nSPS) is 11.8. The first-order valence-corrected chi connectivity index (χ1v) is 5.00. The summed E-state index contributed by atoms with van der Waals surface area (Å²) in [5.41, 5.74) is 0.630. The van der Waals surface area contributed by atoms with Gasteiger partial charge in [0.1, 0.15) is 5.75 Å². The van der Waals surface area contributed by atoms with Gasteiger partial charge in [0.25, 0.3) is 0 Å². The first-order valence-electron chi connectivity index (χ1n) is 5.00. The summed E-state index contributed by atoms with van der Waals surface area (Å²) in [6.07, 6.45) is -0.257. The number of carboxylic acid groups (broad SMARTS) is 1. The molecule has 1 atom stereocenters. The monoisotopic (exact) mass is 239 g/mol. The van der Waals surface area contributed by atoms with Crippen molar-refractivity contribution in [3.8, 4) is 5.75 Å². The summed E-state index contributed by atoms with van der Waals surface area (Å²) >= 11 is 0. The number of methoxy groups -OCH3 is 1. The Bertz CT molecular complexity index is 385. The summed E-state index contributed by atoms with van der Waals surface area (Å²) in [5.74, 6) is -1.04. The van der Waals surface area contributed by atoms with E-state index in [1.807, 2.05) is 0 Å². The van der Waals surface area contributed by atoms with Crippen LogP contribution in [0.3, 0.4) is 0 Å². The fraction of sp³-hybridized carbons (Fsp3) is 0.364. The van der Waals surface area contributed by atoms with Crippen LogP contribution in [0.1, 0.15) is 17.9 Å². The fourth-order valence-electron chi connectivity index (χ4n) is 1.55. The molecule has 0 fully saturated rings. The summed E-state index contributed by atoms with van der Waals surface area (Å²) < 4.78 is 4.96. The summed E-state index contributed by atoms with van der Waals surface area (Å²) in [7, 11) is 1.51. The molecule has 0 saturated carbocycles. The third kappa shape index (κ3) is 4.10. The Morgan fingerprint density at radius 2 is 2.06 bits per heavy atom. The number of carboxylic acids is 1. The van der Waals surface area contributed by atoms with Crippen molar-refractivity contribution in [1.29, 1.82) is 0 Å². The van der Waals surface area contributed by atoms with E-state index in [0.717, 1.165) is 0 Å². The highest BCUT2D eigenvalue weighted by molar-refractivity contribution is 5.68. The molecule has 0 aliphatic rings. The topological polar surface area (TPSA) is 89.7 Å². The van der Waals surface area contributed by atoms with Crippen LogP contribution in [0, 0.1) is 10.1 Å². The van der Waals surface area contributed by atoms with E-state index in [0.29, 0.717) is 11.3 Å². The minimum atomic E-state index is -1.05. The van der Waals surface area contributed by atoms with Gasteiger partial charge in [-0.15, -0.1) is 0 Å². The van der Waals surface area contributed by atoms with E-state index in [2.05, 4.69) is 0 Å². The molecular weight excluding hydrogens is 226 g/mol. The van der Waals surface area contributed by atoms with E-state index >= 15 is 0 Å². The first-order chi connectivity index (χ1) is 8.02. The van der Waals surface area contributed by atoms with Crippen LogP contribution in [0.4, 0.5) is 0 Å². The second-order valence-corrected chi connectivity index (χ2v) is 3.58. The van der Waals surface area contributed by atoms with Crippen LogP contribution in [0.5, 0.6) is 5.75 Å². The Balaban J connectivity index is 2.86. The predicted octanol–water partition coefficient (Wildman–Crippen LogP) is 1.53. The standard InChI is InChI=1S/C11H13NO5/c1-17-10-4-2-8(3-5-10)9(6-11(13)14)7-12(15)16/h2-5,9H,6-7H2,1H3,(H,13,14)/t9-/m0/s1. The molecule has 0 aliphatic carbocycles. The molecule has 0 aliphatic heterocycles. The predicted molar refractivity (Wildman–Crippen MR) is 59.8 cm³/mol. The zero-order chi connectivity index (χ0) is 12.8. The average Bonchev–Trinajstić information content (AvgIpc) is 2.27. The number of nitrogens with zero attached hydrogens (tertiary/aromatic N) is 1. The lowest BCUT2D eigenvalue weighted by Gasteiger charge is -2.11. The lowest BCUT2D eigenvalue weighted by Crippen LogP contribution is -2.16. The van der Waals surface area contributed by atoms with Crippen LogP contribution in [0.2, 0.25) is 0 Å². The maximum absolute atomic E-state index is 10.6. The van der Waals surface area contributed by atoms with Crippen LogP contribution in [0.15, 0.2) is 24.3 Å². The van der Waals surface area contributed by atoms with Gasteiger partial charge in [-0.25, -0.2) is 0 Å². The molecule has 0 amide bonds. The molecule has 0 radical (unpaired) electrons. The highest BCUT2D eigenvalue weighted by Crippen LogP contribution is 2.22. The van der Waals surface area contributed by atoms with Gasteiger partial charge in [0.05, 0.1) is 19.4 Å². The number of carbonyl (C=O) groups is 1. The van der Waals surface area contributed by atoms with Crippen molar-refractivity contribution in [3.63, 3.8) is 0 Å². The second-order valence-electron chi connectivity index (χ2n) is 3.58. The lowest BCUT2D eigenvalue weighted by molar-refractivity contribution is -0.483. The summed E-state index contributed by atoms with van der Waals surface area (Å²) in [6, 6.07) is 6.61. The number of benzene rings is 1. The van der Waals surface area contributed by atoms with E-state index in [-0.39, 0.29) is 6.42 Å². The SMILES string of the molecule is COc1ccc([C@@H](CC(=O)O)C[N+](=O)[O-])cc1. The van der Waals surface area contributed by atoms with Crippen LogP contribution >= 0.6 is 0 Å². The summed E-state index contributed by atoms with van der Waals surface area (Å²) in [4.78, 5) is 20.6. The summed E-state index contributed by atoms with van der Waals surface area (Å²) in [5, 5.41) is 19.2. The van der Waals surface area contributed by atoms with Crippen LogP contribution in [0.25, 0.3) is 0 Å². The molecule has 6 nitrogen and oxygen atoms in total. The van der Waals surface area contributed by atoms with Gasteiger partial charge in [0.2, 0.25) is 6.54 Å². The number of rotatable bonds is 6. The number of hydrogen-bond donors (Lipinski definition) is 1. The molecule has 1 rings (SSSR count).